The first kappa shape index (κ1) is 12.2. The zero-order valence-corrected chi connectivity index (χ0v) is 10.4. The van der Waals surface area contributed by atoms with E-state index in [-0.39, 0.29) is 0 Å². The van der Waals surface area contributed by atoms with E-state index in [0.29, 0.717) is 17.2 Å². The molecule has 6 heteroatoms. The fourth-order valence-corrected chi connectivity index (χ4v) is 1.95. The van der Waals surface area contributed by atoms with E-state index in [2.05, 4.69) is 15.3 Å². The molecule has 1 heterocycles. The van der Waals surface area contributed by atoms with Crippen molar-refractivity contribution in [3.63, 3.8) is 0 Å². The van der Waals surface area contributed by atoms with Gasteiger partial charge in [0.2, 0.25) is 5.95 Å². The third kappa shape index (κ3) is 2.32. The van der Waals surface area contributed by atoms with E-state index >= 15 is 0 Å². The highest BCUT2D eigenvalue weighted by Crippen LogP contribution is 2.18. The van der Waals surface area contributed by atoms with Gasteiger partial charge in [-0.1, -0.05) is 18.2 Å². The van der Waals surface area contributed by atoms with Gasteiger partial charge in [-0.25, -0.2) is 10.5 Å². The molecule has 3 rings (SSSR count). The van der Waals surface area contributed by atoms with Crippen LogP contribution in [0.4, 0.5) is 11.6 Å². The Hall–Kier alpha value is -2.86. The first-order valence-corrected chi connectivity index (χ1v) is 6.02. The van der Waals surface area contributed by atoms with Crippen LogP contribution in [0.2, 0.25) is 0 Å². The Balaban J connectivity index is 1.88. The number of carbonyl (C=O) groups is 1. The smallest absolute Gasteiger partial charge is 0.274 e. The SMILES string of the molecule is O=C(NO)c1cccc(Nc2nc3ccccc3[nH]2)c1. The predicted molar refractivity (Wildman–Crippen MR) is 75.1 cm³/mol. The molecule has 0 radical (unpaired) electrons. The number of carbonyl (C=O) groups excluding carboxylic acids is 1. The molecular weight excluding hydrogens is 256 g/mol. The largest absolute Gasteiger partial charge is 0.326 e. The predicted octanol–water partition coefficient (Wildman–Crippen LogP) is 2.43. The topological polar surface area (TPSA) is 90.0 Å². The molecule has 0 spiro atoms. The Labute approximate surface area is 114 Å². The maximum Gasteiger partial charge on any atom is 0.274 e. The number of hydrogen-bond donors (Lipinski definition) is 4. The number of aromatic amines is 1. The zero-order valence-electron chi connectivity index (χ0n) is 10.4. The molecule has 0 aliphatic heterocycles. The summed E-state index contributed by atoms with van der Waals surface area (Å²) in [6, 6.07) is 14.4. The summed E-state index contributed by atoms with van der Waals surface area (Å²) in [5.41, 5.74) is 4.45. The molecule has 100 valence electrons. The van der Waals surface area contributed by atoms with Crippen molar-refractivity contribution in [2.75, 3.05) is 5.32 Å². The van der Waals surface area contributed by atoms with Crippen LogP contribution >= 0.6 is 0 Å². The Morgan fingerprint density at radius 3 is 2.80 bits per heavy atom. The van der Waals surface area contributed by atoms with Crippen molar-refractivity contribution < 1.29 is 10.0 Å². The van der Waals surface area contributed by atoms with Gasteiger partial charge in [-0.15, -0.1) is 0 Å². The number of amides is 1. The number of anilines is 2. The maximum absolute atomic E-state index is 11.3. The third-order valence-corrected chi connectivity index (χ3v) is 2.88. The second-order valence-corrected chi connectivity index (χ2v) is 4.25. The number of benzene rings is 2. The lowest BCUT2D eigenvalue weighted by atomic mass is 10.2. The second kappa shape index (κ2) is 5.02. The van der Waals surface area contributed by atoms with Crippen LogP contribution in [0.5, 0.6) is 0 Å². The molecule has 0 bridgehead atoms. The maximum atomic E-state index is 11.3. The molecule has 3 aromatic rings. The van der Waals surface area contributed by atoms with Crippen molar-refractivity contribution in [2.45, 2.75) is 0 Å². The molecule has 20 heavy (non-hydrogen) atoms. The molecule has 1 aromatic heterocycles. The standard InChI is InChI=1S/C14H12N4O2/c19-13(18-20)9-4-3-5-10(8-9)15-14-16-11-6-1-2-7-12(11)17-14/h1-8,20H,(H,18,19)(H2,15,16,17). The first-order valence-electron chi connectivity index (χ1n) is 6.02. The average Bonchev–Trinajstić information content (AvgIpc) is 2.88. The van der Waals surface area contributed by atoms with Gasteiger partial charge in [-0.3, -0.25) is 10.0 Å². The van der Waals surface area contributed by atoms with Crippen LogP contribution < -0.4 is 10.8 Å². The molecule has 0 atom stereocenters. The van der Waals surface area contributed by atoms with Gasteiger partial charge in [0.1, 0.15) is 0 Å². The fourth-order valence-electron chi connectivity index (χ4n) is 1.95. The minimum atomic E-state index is -0.557. The molecular formula is C14H12N4O2. The normalized spacial score (nSPS) is 10.4. The number of para-hydroxylation sites is 2. The van der Waals surface area contributed by atoms with Gasteiger partial charge < -0.3 is 10.3 Å². The summed E-state index contributed by atoms with van der Waals surface area (Å²) in [5, 5.41) is 11.7. The highest BCUT2D eigenvalue weighted by Gasteiger charge is 2.06. The molecule has 0 aliphatic rings. The van der Waals surface area contributed by atoms with Crippen LogP contribution in [0.1, 0.15) is 10.4 Å². The number of aromatic nitrogens is 2. The van der Waals surface area contributed by atoms with Crippen molar-refractivity contribution in [3.05, 3.63) is 54.1 Å². The summed E-state index contributed by atoms with van der Waals surface area (Å²) in [4.78, 5) is 18.9. The van der Waals surface area contributed by atoms with E-state index in [4.69, 9.17) is 5.21 Å². The molecule has 0 fully saturated rings. The van der Waals surface area contributed by atoms with Crippen molar-refractivity contribution in [1.82, 2.24) is 15.4 Å². The van der Waals surface area contributed by atoms with Crippen molar-refractivity contribution in [1.29, 1.82) is 0 Å². The van der Waals surface area contributed by atoms with Crippen LogP contribution in [0.15, 0.2) is 48.5 Å². The quantitative estimate of drug-likeness (QED) is 0.434. The van der Waals surface area contributed by atoms with E-state index in [1.54, 1.807) is 29.7 Å². The molecule has 1 amide bonds. The summed E-state index contributed by atoms with van der Waals surface area (Å²) in [5.74, 6) is 0.0333. The molecule has 6 nitrogen and oxygen atoms in total. The Kier molecular flexibility index (Phi) is 3.06. The first-order chi connectivity index (χ1) is 9.76. The molecule has 2 aromatic carbocycles. The number of hydrogen-bond acceptors (Lipinski definition) is 4. The summed E-state index contributed by atoms with van der Waals surface area (Å²) in [6.07, 6.45) is 0. The Morgan fingerprint density at radius 1 is 1.15 bits per heavy atom. The molecule has 0 saturated carbocycles. The van der Waals surface area contributed by atoms with E-state index in [1.807, 2.05) is 24.3 Å². The molecule has 0 unspecified atom stereocenters. The van der Waals surface area contributed by atoms with E-state index < -0.39 is 5.91 Å². The number of nitrogens with one attached hydrogen (secondary N) is 3. The fraction of sp³-hybridized carbons (Fsp3) is 0. The summed E-state index contributed by atoms with van der Waals surface area (Å²) in [6.45, 7) is 0. The minimum Gasteiger partial charge on any atom is -0.326 e. The van der Waals surface area contributed by atoms with Crippen molar-refractivity contribution in [2.24, 2.45) is 0 Å². The van der Waals surface area contributed by atoms with Crippen LogP contribution in [-0.2, 0) is 0 Å². The molecule has 0 aliphatic carbocycles. The summed E-state index contributed by atoms with van der Waals surface area (Å²) in [7, 11) is 0. The number of imidazole rings is 1. The van der Waals surface area contributed by atoms with Gasteiger partial charge in [0.05, 0.1) is 11.0 Å². The van der Waals surface area contributed by atoms with E-state index in [9.17, 15) is 4.79 Å². The lowest BCUT2D eigenvalue weighted by Gasteiger charge is -2.04. The van der Waals surface area contributed by atoms with Crippen LogP contribution in [-0.4, -0.2) is 21.1 Å². The Bertz CT molecular complexity index is 733. The van der Waals surface area contributed by atoms with E-state index in [0.717, 1.165) is 11.0 Å². The molecule has 0 saturated heterocycles. The van der Waals surface area contributed by atoms with Gasteiger partial charge in [0.15, 0.2) is 0 Å². The average molecular weight is 268 g/mol. The lowest BCUT2D eigenvalue weighted by Crippen LogP contribution is -2.18. The number of hydroxylamine groups is 1. The van der Waals surface area contributed by atoms with Crippen LogP contribution in [0.25, 0.3) is 11.0 Å². The van der Waals surface area contributed by atoms with E-state index in [1.165, 1.54) is 0 Å². The lowest BCUT2D eigenvalue weighted by molar-refractivity contribution is 0.0706. The van der Waals surface area contributed by atoms with Crippen LogP contribution in [0.3, 0.4) is 0 Å². The van der Waals surface area contributed by atoms with Gasteiger partial charge >= 0.3 is 0 Å². The molecule has 4 N–H and O–H groups in total. The third-order valence-electron chi connectivity index (χ3n) is 2.88. The van der Waals surface area contributed by atoms with Gasteiger partial charge in [0.25, 0.3) is 5.91 Å². The minimum absolute atomic E-state index is 0.355. The van der Waals surface area contributed by atoms with Crippen molar-refractivity contribution >= 4 is 28.6 Å². The van der Waals surface area contributed by atoms with Crippen LogP contribution in [0, 0.1) is 0 Å². The van der Waals surface area contributed by atoms with Gasteiger partial charge in [-0.2, -0.15) is 0 Å². The number of nitrogens with zero attached hydrogens (tertiary/aromatic N) is 1. The number of H-pyrrole nitrogens is 1. The zero-order chi connectivity index (χ0) is 13.9. The van der Waals surface area contributed by atoms with Crippen molar-refractivity contribution in [3.8, 4) is 0 Å². The second-order valence-electron chi connectivity index (χ2n) is 4.25. The highest BCUT2D eigenvalue weighted by atomic mass is 16.5. The summed E-state index contributed by atoms with van der Waals surface area (Å²) < 4.78 is 0. The highest BCUT2D eigenvalue weighted by molar-refractivity contribution is 5.94. The number of rotatable bonds is 3. The van der Waals surface area contributed by atoms with Gasteiger partial charge in [-0.05, 0) is 30.3 Å². The Morgan fingerprint density at radius 2 is 2.00 bits per heavy atom. The summed E-state index contributed by atoms with van der Waals surface area (Å²) >= 11 is 0. The van der Waals surface area contributed by atoms with Gasteiger partial charge in [0, 0.05) is 11.3 Å². The monoisotopic (exact) mass is 268 g/mol. The number of fused-ring (bicyclic) bond motifs is 1.